The number of hydrogen-bond donors (Lipinski definition) is 3. The van der Waals surface area contributed by atoms with Gasteiger partial charge < -0.3 is 29.5 Å². The van der Waals surface area contributed by atoms with Gasteiger partial charge in [-0.3, -0.25) is 9.59 Å². The first-order chi connectivity index (χ1) is 17.6. The molecule has 12 atom stereocenters. The lowest BCUT2D eigenvalue weighted by atomic mass is 9.68. The van der Waals surface area contributed by atoms with Gasteiger partial charge in [0.05, 0.1) is 23.7 Å². The molecule has 12 unspecified atom stereocenters. The molecule has 5 fully saturated rings. The van der Waals surface area contributed by atoms with Gasteiger partial charge in [-0.25, -0.2) is 4.79 Å². The average Bonchev–Trinajstić information content (AvgIpc) is 3.08. The van der Waals surface area contributed by atoms with Crippen LogP contribution in [0.25, 0.3) is 0 Å². The van der Waals surface area contributed by atoms with E-state index in [9.17, 15) is 29.7 Å². The van der Waals surface area contributed by atoms with E-state index in [2.05, 4.69) is 0 Å². The number of ketones is 1. The molecule has 9 nitrogen and oxygen atoms in total. The minimum absolute atomic E-state index is 0.110. The standard InChI is InChI=1S/C29H40O9/c1-13-10-16(36-25(13)34)22(31)14(2)20-21-24(33)23(32)15-6-7-17-26(3,4)37-18-11-19(30)38-29(17,18)12-28(15,35)9-8-27(20,21)5/h10,14-18,20-22,24,31,33,35H,6-9,11-12H2,1-5H3. The maximum Gasteiger partial charge on any atom is 0.334 e. The van der Waals surface area contributed by atoms with Crippen LogP contribution >= 0.6 is 0 Å². The fourth-order valence-corrected chi connectivity index (χ4v) is 9.43. The molecule has 3 aliphatic carbocycles. The molecule has 38 heavy (non-hydrogen) atoms. The maximum absolute atomic E-state index is 13.9. The van der Waals surface area contributed by atoms with E-state index in [0.717, 1.165) is 0 Å². The summed E-state index contributed by atoms with van der Waals surface area (Å²) in [6.45, 7) is 9.48. The molecule has 1 spiro atoms. The SMILES string of the molecule is CC1=CC(C(O)C(C)C2C3C(O)C(=O)C4CCC5C(C)(C)OC6CC(=O)OC65CC4(O)CCC32C)OC1=O. The molecule has 2 saturated heterocycles. The molecule has 3 aliphatic heterocycles. The van der Waals surface area contributed by atoms with Crippen LogP contribution in [0.3, 0.4) is 0 Å². The molecule has 0 aromatic rings. The highest BCUT2D eigenvalue weighted by atomic mass is 16.6. The number of ether oxygens (including phenoxy) is 3. The summed E-state index contributed by atoms with van der Waals surface area (Å²) >= 11 is 0. The largest absolute Gasteiger partial charge is 0.456 e. The molecule has 3 saturated carbocycles. The number of esters is 2. The summed E-state index contributed by atoms with van der Waals surface area (Å²) in [5.74, 6) is -2.99. The molecule has 3 heterocycles. The van der Waals surface area contributed by atoms with Crippen molar-refractivity contribution in [3.05, 3.63) is 11.6 Å². The van der Waals surface area contributed by atoms with E-state index in [0.29, 0.717) is 31.3 Å². The van der Waals surface area contributed by atoms with Crippen LogP contribution in [0.2, 0.25) is 0 Å². The van der Waals surface area contributed by atoms with Crippen molar-refractivity contribution in [3.63, 3.8) is 0 Å². The van der Waals surface area contributed by atoms with Crippen LogP contribution in [0.5, 0.6) is 0 Å². The summed E-state index contributed by atoms with van der Waals surface area (Å²) in [7, 11) is 0. The predicted molar refractivity (Wildman–Crippen MR) is 132 cm³/mol. The Kier molecular flexibility index (Phi) is 5.64. The highest BCUT2D eigenvalue weighted by Crippen LogP contribution is 2.69. The molecule has 0 aromatic carbocycles. The molecule has 9 heteroatoms. The van der Waals surface area contributed by atoms with Crippen molar-refractivity contribution in [2.24, 2.45) is 35.0 Å². The quantitative estimate of drug-likeness (QED) is 0.465. The Hall–Kier alpha value is -1.81. The number of cyclic esters (lactones) is 1. The van der Waals surface area contributed by atoms with Crippen molar-refractivity contribution in [3.8, 4) is 0 Å². The Morgan fingerprint density at radius 3 is 2.47 bits per heavy atom. The summed E-state index contributed by atoms with van der Waals surface area (Å²) in [6, 6.07) is 0. The molecule has 210 valence electrons. The summed E-state index contributed by atoms with van der Waals surface area (Å²) in [6.07, 6.45) is 0.171. The first-order valence-electron chi connectivity index (χ1n) is 14.1. The second-order valence-electron chi connectivity index (χ2n) is 13.8. The lowest BCUT2D eigenvalue weighted by Gasteiger charge is -2.42. The van der Waals surface area contributed by atoms with Gasteiger partial charge in [0.1, 0.15) is 23.9 Å². The first kappa shape index (κ1) is 26.4. The van der Waals surface area contributed by atoms with Gasteiger partial charge in [-0.15, -0.1) is 0 Å². The van der Waals surface area contributed by atoms with Crippen molar-refractivity contribution in [2.45, 2.75) is 114 Å². The smallest absolute Gasteiger partial charge is 0.334 e. The minimum Gasteiger partial charge on any atom is -0.456 e. The Bertz CT molecular complexity index is 1110. The number of fused-ring (bicyclic) bond motifs is 2. The Morgan fingerprint density at radius 2 is 1.82 bits per heavy atom. The molecule has 0 radical (unpaired) electrons. The van der Waals surface area contributed by atoms with Gasteiger partial charge in [-0.05, 0) is 69.8 Å². The van der Waals surface area contributed by atoms with E-state index < -0.39 is 58.5 Å². The zero-order valence-electron chi connectivity index (χ0n) is 22.8. The fraction of sp³-hybridized carbons (Fsp3) is 0.828. The summed E-state index contributed by atoms with van der Waals surface area (Å²) in [5, 5.41) is 34.8. The summed E-state index contributed by atoms with van der Waals surface area (Å²) in [4.78, 5) is 38.2. The van der Waals surface area contributed by atoms with Gasteiger partial charge in [0.2, 0.25) is 0 Å². The Labute approximate surface area is 222 Å². The highest BCUT2D eigenvalue weighted by molar-refractivity contribution is 5.90. The second kappa shape index (κ2) is 8.12. The minimum atomic E-state index is -1.46. The van der Waals surface area contributed by atoms with E-state index in [4.69, 9.17) is 14.2 Å². The molecule has 3 N–H and O–H groups in total. The van der Waals surface area contributed by atoms with E-state index in [-0.39, 0.29) is 48.3 Å². The van der Waals surface area contributed by atoms with Gasteiger partial charge in [0, 0.05) is 29.7 Å². The number of carbonyl (C=O) groups is 3. The van der Waals surface area contributed by atoms with Crippen molar-refractivity contribution in [2.75, 3.05) is 0 Å². The number of Topliss-reactive ketones (excluding diaryl/α,β-unsaturated/α-hetero) is 1. The Balaban J connectivity index is 1.29. The lowest BCUT2D eigenvalue weighted by Crippen LogP contribution is -2.54. The lowest BCUT2D eigenvalue weighted by molar-refractivity contribution is -0.165. The van der Waals surface area contributed by atoms with E-state index in [1.165, 1.54) is 0 Å². The van der Waals surface area contributed by atoms with Crippen molar-refractivity contribution in [1.82, 2.24) is 0 Å². The fourth-order valence-electron chi connectivity index (χ4n) is 9.43. The van der Waals surface area contributed by atoms with Crippen molar-refractivity contribution >= 4 is 17.7 Å². The van der Waals surface area contributed by atoms with Crippen LogP contribution in [0.15, 0.2) is 11.6 Å². The van der Waals surface area contributed by atoms with Crippen LogP contribution in [-0.4, -0.2) is 74.3 Å². The molecular weight excluding hydrogens is 492 g/mol. The third kappa shape index (κ3) is 3.47. The summed E-state index contributed by atoms with van der Waals surface area (Å²) < 4.78 is 17.6. The summed E-state index contributed by atoms with van der Waals surface area (Å²) in [5.41, 5.74) is -3.04. The van der Waals surface area contributed by atoms with Crippen LogP contribution in [0.4, 0.5) is 0 Å². The van der Waals surface area contributed by atoms with Gasteiger partial charge in [-0.1, -0.05) is 13.8 Å². The molecule has 0 aromatic heterocycles. The van der Waals surface area contributed by atoms with E-state index in [1.807, 2.05) is 27.7 Å². The van der Waals surface area contributed by atoms with Gasteiger partial charge in [0.15, 0.2) is 5.78 Å². The maximum atomic E-state index is 13.9. The third-order valence-corrected chi connectivity index (χ3v) is 11.3. The zero-order valence-corrected chi connectivity index (χ0v) is 22.8. The molecule has 6 aliphatic rings. The topological polar surface area (TPSA) is 140 Å². The van der Waals surface area contributed by atoms with Gasteiger partial charge in [0.25, 0.3) is 0 Å². The van der Waals surface area contributed by atoms with Gasteiger partial charge >= 0.3 is 11.9 Å². The number of aliphatic hydroxyl groups excluding tert-OH is 2. The number of aliphatic hydroxyl groups is 3. The van der Waals surface area contributed by atoms with E-state index in [1.54, 1.807) is 13.0 Å². The third-order valence-electron chi connectivity index (χ3n) is 11.3. The average molecular weight is 533 g/mol. The Morgan fingerprint density at radius 1 is 1.11 bits per heavy atom. The van der Waals surface area contributed by atoms with Crippen LogP contribution in [0, 0.1) is 35.0 Å². The van der Waals surface area contributed by atoms with Crippen molar-refractivity contribution < 1.29 is 43.9 Å². The van der Waals surface area contributed by atoms with Crippen LogP contribution < -0.4 is 0 Å². The first-order valence-corrected chi connectivity index (χ1v) is 14.1. The van der Waals surface area contributed by atoms with Gasteiger partial charge in [-0.2, -0.15) is 0 Å². The molecule has 0 amide bonds. The number of hydrogen-bond acceptors (Lipinski definition) is 9. The number of carbonyl (C=O) groups excluding carboxylic acids is 3. The molecule has 0 bridgehead atoms. The normalized spacial score (nSPS) is 50.7. The van der Waals surface area contributed by atoms with Crippen LogP contribution in [-0.2, 0) is 28.6 Å². The molecular formula is C29H40O9. The van der Waals surface area contributed by atoms with Crippen LogP contribution in [0.1, 0.15) is 73.1 Å². The monoisotopic (exact) mass is 532 g/mol. The highest BCUT2D eigenvalue weighted by Gasteiger charge is 2.73. The molecule has 6 rings (SSSR count). The zero-order chi connectivity index (χ0) is 27.6. The van der Waals surface area contributed by atoms with E-state index >= 15 is 0 Å². The van der Waals surface area contributed by atoms with Crippen molar-refractivity contribution in [1.29, 1.82) is 0 Å². The second-order valence-corrected chi connectivity index (χ2v) is 13.8. The predicted octanol–water partition coefficient (Wildman–Crippen LogP) is 1.84. The number of rotatable bonds is 3.